The van der Waals surface area contributed by atoms with Gasteiger partial charge >= 0.3 is 0 Å². The van der Waals surface area contributed by atoms with Gasteiger partial charge in [0.05, 0.1) is 6.10 Å². The normalized spacial score (nSPS) is 13.5. The Morgan fingerprint density at radius 1 is 1.00 bits per heavy atom. The Labute approximate surface area is 133 Å². The molecule has 0 aliphatic heterocycles. The molecule has 116 valence electrons. The summed E-state index contributed by atoms with van der Waals surface area (Å²) < 4.78 is 0. The minimum atomic E-state index is -0.496. The van der Waals surface area contributed by atoms with Crippen LogP contribution in [0.3, 0.4) is 0 Å². The molecule has 0 amide bonds. The van der Waals surface area contributed by atoms with Gasteiger partial charge in [-0.25, -0.2) is 0 Å². The first kappa shape index (κ1) is 16.5. The van der Waals surface area contributed by atoms with Crippen molar-refractivity contribution in [2.75, 3.05) is 20.6 Å². The highest BCUT2D eigenvalue weighted by atomic mass is 16.3. The van der Waals surface area contributed by atoms with Gasteiger partial charge in [0.25, 0.3) is 0 Å². The Morgan fingerprint density at radius 2 is 1.59 bits per heavy atom. The van der Waals surface area contributed by atoms with E-state index in [9.17, 15) is 5.11 Å². The maximum absolute atomic E-state index is 10.4. The number of aryl methyl sites for hydroxylation is 2. The molecule has 1 unspecified atom stereocenters. The first-order valence-corrected chi connectivity index (χ1v) is 7.65. The molecule has 1 atom stereocenters. The van der Waals surface area contributed by atoms with Gasteiger partial charge in [-0.3, -0.25) is 0 Å². The predicted molar refractivity (Wildman–Crippen MR) is 94.0 cm³/mol. The number of hydrogen-bond acceptors (Lipinski definition) is 2. The molecule has 2 rings (SSSR count). The highest BCUT2D eigenvalue weighted by Crippen LogP contribution is 2.29. The molecule has 22 heavy (non-hydrogen) atoms. The van der Waals surface area contributed by atoms with E-state index >= 15 is 0 Å². The van der Waals surface area contributed by atoms with Crippen molar-refractivity contribution in [2.45, 2.75) is 20.0 Å². The summed E-state index contributed by atoms with van der Waals surface area (Å²) in [7, 11) is 3.94. The summed E-state index contributed by atoms with van der Waals surface area (Å²) in [5.41, 5.74) is 5.91. The third kappa shape index (κ3) is 4.06. The SMILES string of the molecule is Cc1cccc(C)c1/C(=C/C(O)CN(C)C)c1ccccc1. The Hall–Kier alpha value is -1.90. The van der Waals surface area contributed by atoms with Crippen LogP contribution < -0.4 is 0 Å². The van der Waals surface area contributed by atoms with Crippen LogP contribution in [-0.2, 0) is 0 Å². The number of nitrogens with zero attached hydrogens (tertiary/aromatic N) is 1. The second-order valence-corrected chi connectivity index (χ2v) is 6.04. The monoisotopic (exact) mass is 295 g/mol. The molecule has 2 heteroatoms. The lowest BCUT2D eigenvalue weighted by molar-refractivity contribution is 0.179. The summed E-state index contributed by atoms with van der Waals surface area (Å²) in [5, 5.41) is 10.4. The number of aliphatic hydroxyl groups is 1. The van der Waals surface area contributed by atoms with Gasteiger partial charge in [0, 0.05) is 6.54 Å². The van der Waals surface area contributed by atoms with E-state index in [1.54, 1.807) is 0 Å². The van der Waals surface area contributed by atoms with E-state index in [0.29, 0.717) is 6.54 Å². The largest absolute Gasteiger partial charge is 0.388 e. The second-order valence-electron chi connectivity index (χ2n) is 6.04. The molecule has 1 N–H and O–H groups in total. The summed E-state index contributed by atoms with van der Waals surface area (Å²) in [6.07, 6.45) is 1.48. The molecule has 0 aromatic heterocycles. The van der Waals surface area contributed by atoms with E-state index in [0.717, 1.165) is 11.1 Å². The fourth-order valence-electron chi connectivity index (χ4n) is 2.80. The van der Waals surface area contributed by atoms with Crippen LogP contribution in [0.1, 0.15) is 22.3 Å². The van der Waals surface area contributed by atoms with Gasteiger partial charge in [0.1, 0.15) is 0 Å². The van der Waals surface area contributed by atoms with Crippen molar-refractivity contribution in [1.82, 2.24) is 4.90 Å². The molecular formula is C20H25NO. The summed E-state index contributed by atoms with van der Waals surface area (Å²) >= 11 is 0. The standard InChI is InChI=1S/C20H25NO/c1-15-9-8-10-16(2)20(15)19(13-18(22)14-21(3)4)17-11-6-5-7-12-17/h5-13,18,22H,14H2,1-4H3/b19-13+. The first-order chi connectivity index (χ1) is 10.5. The zero-order valence-corrected chi connectivity index (χ0v) is 13.9. The summed E-state index contributed by atoms with van der Waals surface area (Å²) in [5.74, 6) is 0. The van der Waals surface area contributed by atoms with E-state index in [4.69, 9.17) is 0 Å². The molecule has 0 aliphatic rings. The smallest absolute Gasteiger partial charge is 0.0856 e. The molecule has 0 saturated heterocycles. The number of aliphatic hydroxyl groups excluding tert-OH is 1. The van der Waals surface area contributed by atoms with Gasteiger partial charge in [-0.2, -0.15) is 0 Å². The van der Waals surface area contributed by atoms with Crippen molar-refractivity contribution in [3.8, 4) is 0 Å². The van der Waals surface area contributed by atoms with Crippen LogP contribution in [0.15, 0.2) is 54.6 Å². The molecule has 0 spiro atoms. The molecule has 0 heterocycles. The van der Waals surface area contributed by atoms with Crippen molar-refractivity contribution in [2.24, 2.45) is 0 Å². The Balaban J connectivity index is 2.54. The minimum absolute atomic E-state index is 0.496. The zero-order valence-electron chi connectivity index (χ0n) is 13.9. The fraction of sp³-hybridized carbons (Fsp3) is 0.300. The van der Waals surface area contributed by atoms with E-state index in [2.05, 4.69) is 44.2 Å². The number of likely N-dealkylation sites (N-methyl/N-ethyl adjacent to an activating group) is 1. The first-order valence-electron chi connectivity index (χ1n) is 7.65. The van der Waals surface area contributed by atoms with Gasteiger partial charge in [0.2, 0.25) is 0 Å². The highest BCUT2D eigenvalue weighted by molar-refractivity contribution is 5.83. The molecule has 0 aliphatic carbocycles. The lowest BCUT2D eigenvalue weighted by atomic mass is 9.90. The van der Waals surface area contributed by atoms with Crippen LogP contribution in [0.4, 0.5) is 0 Å². The molecule has 0 radical (unpaired) electrons. The van der Waals surface area contributed by atoms with Crippen LogP contribution in [0.5, 0.6) is 0 Å². The predicted octanol–water partition coefficient (Wildman–Crippen LogP) is 3.66. The highest BCUT2D eigenvalue weighted by Gasteiger charge is 2.13. The van der Waals surface area contributed by atoms with Crippen molar-refractivity contribution < 1.29 is 5.11 Å². The topological polar surface area (TPSA) is 23.5 Å². The van der Waals surface area contributed by atoms with Crippen molar-refractivity contribution in [3.63, 3.8) is 0 Å². The third-order valence-corrected chi connectivity index (χ3v) is 3.75. The van der Waals surface area contributed by atoms with Crippen LogP contribution >= 0.6 is 0 Å². The zero-order chi connectivity index (χ0) is 16.1. The van der Waals surface area contributed by atoms with E-state index in [-0.39, 0.29) is 0 Å². The molecule has 2 aromatic rings. The van der Waals surface area contributed by atoms with Crippen molar-refractivity contribution in [1.29, 1.82) is 0 Å². The van der Waals surface area contributed by atoms with E-state index in [1.165, 1.54) is 16.7 Å². The third-order valence-electron chi connectivity index (χ3n) is 3.75. The van der Waals surface area contributed by atoms with Crippen LogP contribution in [0, 0.1) is 13.8 Å². The van der Waals surface area contributed by atoms with Crippen molar-refractivity contribution in [3.05, 3.63) is 76.9 Å². The van der Waals surface area contributed by atoms with Crippen LogP contribution in [0.2, 0.25) is 0 Å². The van der Waals surface area contributed by atoms with Gasteiger partial charge in [0.15, 0.2) is 0 Å². The Morgan fingerprint density at radius 3 is 2.14 bits per heavy atom. The van der Waals surface area contributed by atoms with Gasteiger partial charge in [-0.05, 0) is 61.8 Å². The lowest BCUT2D eigenvalue weighted by Crippen LogP contribution is -2.24. The molecule has 2 aromatic carbocycles. The quantitative estimate of drug-likeness (QED) is 0.910. The average molecular weight is 295 g/mol. The number of rotatable bonds is 5. The van der Waals surface area contributed by atoms with E-state index in [1.807, 2.05) is 43.3 Å². The second kappa shape index (κ2) is 7.39. The van der Waals surface area contributed by atoms with Crippen LogP contribution in [0.25, 0.3) is 5.57 Å². The molecule has 0 fully saturated rings. The number of hydrogen-bond donors (Lipinski definition) is 1. The van der Waals surface area contributed by atoms with Gasteiger partial charge in [-0.1, -0.05) is 48.5 Å². The van der Waals surface area contributed by atoms with Gasteiger partial charge in [-0.15, -0.1) is 0 Å². The van der Waals surface area contributed by atoms with Crippen LogP contribution in [-0.4, -0.2) is 36.8 Å². The summed E-state index contributed by atoms with van der Waals surface area (Å²) in [6, 6.07) is 16.6. The van der Waals surface area contributed by atoms with Crippen molar-refractivity contribution >= 4 is 5.57 Å². The average Bonchev–Trinajstić information content (AvgIpc) is 2.46. The summed E-state index contributed by atoms with van der Waals surface area (Å²) in [6.45, 7) is 4.86. The maximum Gasteiger partial charge on any atom is 0.0856 e. The Bertz CT molecular complexity index is 624. The molecular weight excluding hydrogens is 270 g/mol. The summed E-state index contributed by atoms with van der Waals surface area (Å²) in [4.78, 5) is 1.99. The minimum Gasteiger partial charge on any atom is -0.388 e. The number of benzene rings is 2. The maximum atomic E-state index is 10.4. The van der Waals surface area contributed by atoms with Gasteiger partial charge < -0.3 is 10.0 Å². The lowest BCUT2D eigenvalue weighted by Gasteiger charge is -2.18. The molecule has 0 saturated carbocycles. The Kier molecular flexibility index (Phi) is 5.53. The van der Waals surface area contributed by atoms with E-state index < -0.39 is 6.10 Å². The fourth-order valence-corrected chi connectivity index (χ4v) is 2.80. The molecule has 0 bridgehead atoms. The molecule has 2 nitrogen and oxygen atoms in total.